The van der Waals surface area contributed by atoms with Gasteiger partial charge in [0.05, 0.1) is 5.56 Å². The molecule has 1 heterocycles. The minimum atomic E-state index is -1.09. The molecule has 0 spiro atoms. The third-order valence-corrected chi connectivity index (χ3v) is 4.24. The van der Waals surface area contributed by atoms with Gasteiger partial charge >= 0.3 is 0 Å². The van der Waals surface area contributed by atoms with Crippen molar-refractivity contribution in [3.8, 4) is 11.3 Å². The summed E-state index contributed by atoms with van der Waals surface area (Å²) in [4.78, 5) is 24.6. The fourth-order valence-electron chi connectivity index (χ4n) is 2.17. The molecule has 2 N–H and O–H groups in total. The van der Waals surface area contributed by atoms with Crippen LogP contribution in [0.15, 0.2) is 34.0 Å². The third-order valence-electron chi connectivity index (χ3n) is 3.30. The number of carbonyl (C=O) groups excluding carboxylic acids is 1. The number of aryl methyl sites for hydroxylation is 1. The summed E-state index contributed by atoms with van der Waals surface area (Å²) in [6.45, 7) is 3.47. The van der Waals surface area contributed by atoms with Crippen LogP contribution in [0.5, 0.6) is 0 Å². The van der Waals surface area contributed by atoms with Gasteiger partial charge in [-0.15, -0.1) is 0 Å². The van der Waals surface area contributed by atoms with E-state index in [0.717, 1.165) is 0 Å². The number of anilines is 1. The zero-order chi connectivity index (χ0) is 16.4. The van der Waals surface area contributed by atoms with Crippen molar-refractivity contribution in [2.75, 3.05) is 12.0 Å². The van der Waals surface area contributed by atoms with E-state index in [9.17, 15) is 14.1 Å². The van der Waals surface area contributed by atoms with Crippen LogP contribution in [0.25, 0.3) is 11.3 Å². The average molecular weight is 319 g/mol. The van der Waals surface area contributed by atoms with Gasteiger partial charge in [0.25, 0.3) is 5.56 Å². The Morgan fingerprint density at radius 2 is 1.95 bits per heavy atom. The second-order valence-electron chi connectivity index (χ2n) is 4.79. The van der Waals surface area contributed by atoms with E-state index in [0.29, 0.717) is 22.7 Å². The summed E-state index contributed by atoms with van der Waals surface area (Å²) in [7, 11) is 0. The molecule has 0 fully saturated rings. The molecule has 2 rings (SSSR count). The van der Waals surface area contributed by atoms with Gasteiger partial charge in [-0.05, 0) is 49.3 Å². The second kappa shape index (κ2) is 6.33. The first-order valence-electron chi connectivity index (χ1n) is 6.72. The molecule has 1 unspecified atom stereocenters. The van der Waals surface area contributed by atoms with Gasteiger partial charge < -0.3 is 10.3 Å². The van der Waals surface area contributed by atoms with E-state index in [-0.39, 0.29) is 17.0 Å². The first-order chi connectivity index (χ1) is 10.4. The fraction of sp³-hybridized carbons (Fsp3) is 0.267. The Bertz CT molecular complexity index is 767. The number of nitrogens with two attached hydrogens (primary N) is 1. The van der Waals surface area contributed by atoms with Crippen molar-refractivity contribution < 1.29 is 9.35 Å². The predicted octanol–water partition coefficient (Wildman–Crippen LogP) is 1.45. The smallest absolute Gasteiger partial charge is 0.290 e. The molecule has 6 nitrogen and oxygen atoms in total. The number of nitrogens with zero attached hydrogens (tertiary/aromatic N) is 2. The first-order valence-corrected chi connectivity index (χ1v) is 8.28. The van der Waals surface area contributed by atoms with Crippen molar-refractivity contribution in [2.45, 2.75) is 25.3 Å². The molecule has 0 aliphatic rings. The van der Waals surface area contributed by atoms with E-state index in [1.807, 2.05) is 0 Å². The first kappa shape index (κ1) is 16.3. The Balaban J connectivity index is 2.70. The lowest BCUT2D eigenvalue weighted by Crippen LogP contribution is -2.28. The Hall–Kier alpha value is -2.12. The van der Waals surface area contributed by atoms with Crippen molar-refractivity contribution in [1.82, 2.24) is 9.78 Å². The van der Waals surface area contributed by atoms with Gasteiger partial charge in [-0.3, -0.25) is 9.59 Å². The molecule has 1 aromatic heterocycles. The van der Waals surface area contributed by atoms with E-state index in [2.05, 4.69) is 5.10 Å². The number of benzene rings is 1. The molecule has 0 radical (unpaired) electrons. The topological polar surface area (TPSA) is 101 Å². The van der Waals surface area contributed by atoms with Crippen molar-refractivity contribution in [1.29, 1.82) is 0 Å². The van der Waals surface area contributed by atoms with E-state index < -0.39 is 16.7 Å². The van der Waals surface area contributed by atoms with Crippen LogP contribution >= 0.6 is 0 Å². The van der Waals surface area contributed by atoms with Gasteiger partial charge in [-0.1, -0.05) is 0 Å². The zero-order valence-corrected chi connectivity index (χ0v) is 13.4. The number of rotatable bonds is 4. The number of hydrogen-bond acceptors (Lipinski definition) is 5. The Kier molecular flexibility index (Phi) is 4.68. The van der Waals surface area contributed by atoms with Crippen LogP contribution in [0.1, 0.15) is 24.2 Å². The van der Waals surface area contributed by atoms with Crippen LogP contribution in [0.2, 0.25) is 0 Å². The summed E-state index contributed by atoms with van der Waals surface area (Å²) < 4.78 is 12.7. The summed E-state index contributed by atoms with van der Waals surface area (Å²) in [6, 6.07) is 6.84. The molecular weight excluding hydrogens is 302 g/mol. The number of nitrogen functional groups attached to an aromatic ring is 1. The van der Waals surface area contributed by atoms with Gasteiger partial charge in [-0.25, -0.2) is 4.68 Å². The van der Waals surface area contributed by atoms with E-state index >= 15 is 0 Å². The highest BCUT2D eigenvalue weighted by Gasteiger charge is 2.20. The van der Waals surface area contributed by atoms with E-state index in [4.69, 9.17) is 5.73 Å². The Labute approximate surface area is 131 Å². The molecule has 116 valence electrons. The molecule has 1 aromatic carbocycles. The van der Waals surface area contributed by atoms with Gasteiger partial charge in [0.1, 0.15) is 17.6 Å². The lowest BCUT2D eigenvalue weighted by molar-refractivity contribution is 0.101. The highest BCUT2D eigenvalue weighted by molar-refractivity contribution is 7.90. The van der Waals surface area contributed by atoms with E-state index in [1.165, 1.54) is 11.6 Å². The summed E-state index contributed by atoms with van der Waals surface area (Å²) in [5.41, 5.74) is 6.40. The second-order valence-corrected chi connectivity index (χ2v) is 6.17. The van der Waals surface area contributed by atoms with Crippen LogP contribution in [0.4, 0.5) is 5.69 Å². The molecule has 0 aliphatic carbocycles. The summed E-state index contributed by atoms with van der Waals surface area (Å²) in [6.07, 6.45) is 1.59. The van der Waals surface area contributed by atoms with Crippen molar-refractivity contribution >= 4 is 22.6 Å². The van der Waals surface area contributed by atoms with Crippen LogP contribution in [-0.4, -0.2) is 26.4 Å². The molecular formula is C15H17N3O3S. The van der Waals surface area contributed by atoms with Crippen LogP contribution < -0.4 is 11.3 Å². The molecule has 0 amide bonds. The molecule has 0 saturated heterocycles. The molecule has 22 heavy (non-hydrogen) atoms. The third kappa shape index (κ3) is 2.90. The highest BCUT2D eigenvalue weighted by atomic mass is 32.2. The fourth-order valence-corrected chi connectivity index (χ4v) is 2.69. The van der Waals surface area contributed by atoms with Crippen LogP contribution in [-0.2, 0) is 17.7 Å². The largest absolute Gasteiger partial charge is 0.612 e. The number of ketones is 1. The minimum absolute atomic E-state index is 0.0949. The number of aromatic nitrogens is 2. The maximum atomic E-state index is 12.0. The lowest BCUT2D eigenvalue weighted by Gasteiger charge is -2.12. The van der Waals surface area contributed by atoms with Gasteiger partial charge in [0.15, 0.2) is 10.7 Å². The molecule has 0 saturated carbocycles. The quantitative estimate of drug-likeness (QED) is 0.679. The monoisotopic (exact) mass is 319 g/mol. The summed E-state index contributed by atoms with van der Waals surface area (Å²) in [5.74, 6) is -0.316. The van der Waals surface area contributed by atoms with Crippen molar-refractivity contribution in [3.05, 3.63) is 40.2 Å². The Morgan fingerprint density at radius 1 is 1.36 bits per heavy atom. The summed E-state index contributed by atoms with van der Waals surface area (Å²) in [5, 5.41) is 4.25. The van der Waals surface area contributed by atoms with Crippen molar-refractivity contribution in [2.24, 2.45) is 0 Å². The molecule has 1 atom stereocenters. The maximum Gasteiger partial charge on any atom is 0.290 e. The molecule has 7 heteroatoms. The number of carbonyl (C=O) groups is 1. The lowest BCUT2D eigenvalue weighted by atomic mass is 10.0. The number of Topliss-reactive ketones (excluding diaryl/α,β-unsaturated/α-hetero) is 1. The standard InChI is InChI=1S/C15H17N3O3S/c1-4-18-15(20)13(16)12(9(2)19)14(17-18)10-5-7-11(8-6-10)22(3)21/h5-8H,4,16H2,1-3H3. The van der Waals surface area contributed by atoms with Crippen molar-refractivity contribution in [3.63, 3.8) is 0 Å². The minimum Gasteiger partial charge on any atom is -0.612 e. The molecule has 0 aliphatic heterocycles. The summed E-state index contributed by atoms with van der Waals surface area (Å²) >= 11 is -1.09. The van der Waals surface area contributed by atoms with Gasteiger partial charge in [0.2, 0.25) is 0 Å². The maximum absolute atomic E-state index is 12.0. The normalized spacial score (nSPS) is 12.2. The molecule has 2 aromatic rings. The van der Waals surface area contributed by atoms with Crippen LogP contribution in [0.3, 0.4) is 0 Å². The van der Waals surface area contributed by atoms with Gasteiger partial charge in [-0.2, -0.15) is 5.10 Å². The SMILES string of the molecule is CCn1nc(-c2ccc([S+](C)[O-])cc2)c(C(C)=O)c(N)c1=O. The van der Waals surface area contributed by atoms with Crippen LogP contribution in [0, 0.1) is 0 Å². The highest BCUT2D eigenvalue weighted by Crippen LogP contribution is 2.25. The Morgan fingerprint density at radius 3 is 2.41 bits per heavy atom. The molecule has 0 bridgehead atoms. The van der Waals surface area contributed by atoms with E-state index in [1.54, 1.807) is 37.4 Å². The zero-order valence-electron chi connectivity index (χ0n) is 12.6. The number of hydrogen-bond donors (Lipinski definition) is 1. The predicted molar refractivity (Wildman–Crippen MR) is 86.4 cm³/mol. The van der Waals surface area contributed by atoms with Gasteiger partial charge in [0, 0.05) is 12.1 Å². The average Bonchev–Trinajstić information content (AvgIpc) is 2.49.